The number of nitrogens with one attached hydrogen (secondary N) is 2. The number of hydrogen-bond acceptors (Lipinski definition) is 4. The van der Waals surface area contributed by atoms with Gasteiger partial charge >= 0.3 is 5.51 Å². The van der Waals surface area contributed by atoms with E-state index in [4.69, 9.17) is 0 Å². The predicted molar refractivity (Wildman–Crippen MR) is 69.2 cm³/mol. The Labute approximate surface area is 115 Å². The molecule has 0 aliphatic carbocycles. The first-order valence-electron chi connectivity index (χ1n) is 6.20. The van der Waals surface area contributed by atoms with Crippen molar-refractivity contribution in [3.05, 3.63) is 24.3 Å². The van der Waals surface area contributed by atoms with Crippen molar-refractivity contribution in [2.75, 3.05) is 18.4 Å². The Morgan fingerprint density at radius 1 is 1.30 bits per heavy atom. The van der Waals surface area contributed by atoms with Crippen molar-refractivity contribution in [1.82, 2.24) is 5.32 Å². The Bertz CT molecular complexity index is 566. The van der Waals surface area contributed by atoms with Gasteiger partial charge in [-0.25, -0.2) is 8.42 Å². The highest BCUT2D eigenvalue weighted by molar-refractivity contribution is 7.92. The zero-order chi connectivity index (χ0) is 14.8. The average molecular weight is 308 g/mol. The molecule has 0 aromatic heterocycles. The van der Waals surface area contributed by atoms with Gasteiger partial charge in [-0.3, -0.25) is 0 Å². The summed E-state index contributed by atoms with van der Waals surface area (Å²) in [4.78, 5) is -0.731. The molecule has 112 valence electrons. The molecule has 1 saturated heterocycles. The number of halogens is 3. The van der Waals surface area contributed by atoms with Crippen LogP contribution in [0, 0.1) is 0 Å². The zero-order valence-corrected chi connectivity index (χ0v) is 11.4. The highest BCUT2D eigenvalue weighted by Gasteiger charge is 2.47. The van der Waals surface area contributed by atoms with Crippen LogP contribution in [0.3, 0.4) is 0 Å². The Balaban J connectivity index is 2.22. The van der Waals surface area contributed by atoms with E-state index in [1.165, 1.54) is 18.2 Å². The van der Waals surface area contributed by atoms with E-state index in [9.17, 15) is 21.6 Å². The van der Waals surface area contributed by atoms with Crippen molar-refractivity contribution in [3.8, 4) is 0 Å². The van der Waals surface area contributed by atoms with Crippen LogP contribution in [0.2, 0.25) is 0 Å². The van der Waals surface area contributed by atoms with Gasteiger partial charge in [-0.05, 0) is 31.5 Å². The van der Waals surface area contributed by atoms with Gasteiger partial charge in [-0.2, -0.15) is 13.2 Å². The van der Waals surface area contributed by atoms with E-state index in [1.807, 2.05) is 0 Å². The molecule has 1 aromatic carbocycles. The topological polar surface area (TPSA) is 58.2 Å². The van der Waals surface area contributed by atoms with Gasteiger partial charge in [0, 0.05) is 12.6 Å². The zero-order valence-electron chi connectivity index (χ0n) is 10.6. The van der Waals surface area contributed by atoms with Gasteiger partial charge < -0.3 is 10.6 Å². The lowest BCUT2D eigenvalue weighted by Crippen LogP contribution is -2.30. The largest absolute Gasteiger partial charge is 0.501 e. The highest BCUT2D eigenvalue weighted by Crippen LogP contribution is 2.34. The lowest BCUT2D eigenvalue weighted by molar-refractivity contribution is -0.0435. The molecular formula is C12H15F3N2O2S. The second-order valence-corrected chi connectivity index (χ2v) is 6.53. The molecule has 1 unspecified atom stereocenters. The molecule has 2 N–H and O–H groups in total. The van der Waals surface area contributed by atoms with Gasteiger partial charge in [0.2, 0.25) is 0 Å². The number of anilines is 1. The van der Waals surface area contributed by atoms with Crippen LogP contribution in [0.25, 0.3) is 0 Å². The van der Waals surface area contributed by atoms with Crippen molar-refractivity contribution in [3.63, 3.8) is 0 Å². The SMILES string of the molecule is O=S(=O)(c1ccccc1NCC1CCCN1)C(F)(F)F. The second kappa shape index (κ2) is 5.61. The summed E-state index contributed by atoms with van der Waals surface area (Å²) in [6.45, 7) is 1.26. The Hall–Kier alpha value is -1.28. The Morgan fingerprint density at radius 3 is 2.60 bits per heavy atom. The normalized spacial score (nSPS) is 20.1. The quantitative estimate of drug-likeness (QED) is 0.895. The summed E-state index contributed by atoms with van der Waals surface area (Å²) in [7, 11) is -5.34. The minimum absolute atomic E-state index is 0.0153. The number of para-hydroxylation sites is 1. The van der Waals surface area contributed by atoms with Crippen LogP contribution < -0.4 is 10.6 Å². The minimum atomic E-state index is -5.34. The molecule has 1 fully saturated rings. The molecule has 0 radical (unpaired) electrons. The molecule has 0 amide bonds. The van der Waals surface area contributed by atoms with E-state index in [1.54, 1.807) is 0 Å². The van der Waals surface area contributed by atoms with Crippen LogP contribution in [-0.4, -0.2) is 33.1 Å². The molecule has 8 heteroatoms. The predicted octanol–water partition coefficient (Wildman–Crippen LogP) is 2.14. The summed E-state index contributed by atoms with van der Waals surface area (Å²) in [6, 6.07) is 5.23. The van der Waals surface area contributed by atoms with Gasteiger partial charge in [0.05, 0.1) is 10.6 Å². The summed E-state index contributed by atoms with van der Waals surface area (Å²) < 4.78 is 60.8. The molecule has 0 saturated carbocycles. The van der Waals surface area contributed by atoms with Crippen LogP contribution in [0.5, 0.6) is 0 Å². The summed E-state index contributed by atoms with van der Waals surface area (Å²) >= 11 is 0. The van der Waals surface area contributed by atoms with E-state index >= 15 is 0 Å². The lowest BCUT2D eigenvalue weighted by Gasteiger charge is -2.16. The molecule has 1 aliphatic rings. The summed E-state index contributed by atoms with van der Waals surface area (Å²) in [5.74, 6) is 0. The number of sulfone groups is 1. The van der Waals surface area contributed by atoms with Gasteiger partial charge in [0.1, 0.15) is 0 Å². The molecule has 1 atom stereocenters. The highest BCUT2D eigenvalue weighted by atomic mass is 32.2. The summed E-state index contributed by atoms with van der Waals surface area (Å²) in [5, 5.41) is 5.97. The van der Waals surface area contributed by atoms with E-state index in [0.29, 0.717) is 6.54 Å². The second-order valence-electron chi connectivity index (χ2n) is 4.62. The molecule has 0 spiro atoms. The fourth-order valence-corrected chi connectivity index (χ4v) is 3.07. The fourth-order valence-electron chi connectivity index (χ4n) is 2.14. The van der Waals surface area contributed by atoms with E-state index in [2.05, 4.69) is 10.6 Å². The number of benzene rings is 1. The fraction of sp³-hybridized carbons (Fsp3) is 0.500. The molecule has 20 heavy (non-hydrogen) atoms. The van der Waals surface area contributed by atoms with Crippen LogP contribution in [-0.2, 0) is 9.84 Å². The van der Waals surface area contributed by atoms with E-state index in [0.717, 1.165) is 25.5 Å². The molecule has 0 bridgehead atoms. The van der Waals surface area contributed by atoms with Crippen molar-refractivity contribution in [1.29, 1.82) is 0 Å². The first-order valence-corrected chi connectivity index (χ1v) is 7.68. The third-order valence-corrected chi connectivity index (χ3v) is 4.73. The maximum Gasteiger partial charge on any atom is 0.501 e. The van der Waals surface area contributed by atoms with Gasteiger partial charge in [0.25, 0.3) is 9.84 Å². The average Bonchev–Trinajstić information content (AvgIpc) is 2.88. The maximum atomic E-state index is 12.6. The Morgan fingerprint density at radius 2 is 2.00 bits per heavy atom. The summed E-state index contributed by atoms with van der Waals surface area (Å²) in [6.07, 6.45) is 1.93. The molecule has 1 heterocycles. The van der Waals surface area contributed by atoms with Crippen LogP contribution in [0.15, 0.2) is 29.2 Å². The Kier molecular flexibility index (Phi) is 4.24. The van der Waals surface area contributed by atoms with Crippen LogP contribution in [0.4, 0.5) is 18.9 Å². The monoisotopic (exact) mass is 308 g/mol. The molecule has 2 rings (SSSR count). The third-order valence-electron chi connectivity index (χ3n) is 3.18. The van der Waals surface area contributed by atoms with Crippen molar-refractivity contribution in [2.45, 2.75) is 29.3 Å². The lowest BCUT2D eigenvalue weighted by atomic mass is 10.2. The van der Waals surface area contributed by atoms with Gasteiger partial charge in [0.15, 0.2) is 0 Å². The first-order chi connectivity index (χ1) is 9.32. The van der Waals surface area contributed by atoms with Crippen LogP contribution >= 0.6 is 0 Å². The van der Waals surface area contributed by atoms with Gasteiger partial charge in [-0.1, -0.05) is 12.1 Å². The van der Waals surface area contributed by atoms with E-state index in [-0.39, 0.29) is 11.7 Å². The van der Waals surface area contributed by atoms with Crippen LogP contribution in [0.1, 0.15) is 12.8 Å². The summed E-state index contributed by atoms with van der Waals surface area (Å²) in [5.41, 5.74) is -5.31. The van der Waals surface area contributed by atoms with Crippen molar-refractivity contribution < 1.29 is 21.6 Å². The molecule has 1 aliphatic heterocycles. The number of rotatable bonds is 4. The molecular weight excluding hydrogens is 293 g/mol. The minimum Gasteiger partial charge on any atom is -0.382 e. The molecule has 1 aromatic rings. The third kappa shape index (κ3) is 3.06. The van der Waals surface area contributed by atoms with Crippen molar-refractivity contribution >= 4 is 15.5 Å². The first kappa shape index (κ1) is 15.1. The number of alkyl halides is 3. The maximum absolute atomic E-state index is 12.6. The van der Waals surface area contributed by atoms with Gasteiger partial charge in [-0.15, -0.1) is 0 Å². The van der Waals surface area contributed by atoms with Crippen molar-refractivity contribution in [2.24, 2.45) is 0 Å². The smallest absolute Gasteiger partial charge is 0.382 e. The van der Waals surface area contributed by atoms with E-state index < -0.39 is 20.2 Å². The standard InChI is InChI=1S/C12H15F3N2O2S/c13-12(14,15)20(18,19)11-6-2-1-5-10(11)17-8-9-4-3-7-16-9/h1-2,5-6,9,16-17H,3-4,7-8H2. The molecule has 4 nitrogen and oxygen atoms in total. The number of hydrogen-bond donors (Lipinski definition) is 2.